The minimum atomic E-state index is -1.16. The zero-order valence-corrected chi connectivity index (χ0v) is 4.58. The minimum absolute atomic E-state index is 0. The number of nitrogens with one attached hydrogen (secondary N) is 1. The van der Waals surface area contributed by atoms with E-state index in [2.05, 4.69) is 0 Å². The molecule has 0 saturated carbocycles. The molecule has 4 heteroatoms. The Bertz CT molecular complexity index is 78.9. The summed E-state index contributed by atoms with van der Waals surface area (Å²) < 4.78 is 0. The monoisotopic (exact) mass is 123 g/mol. The third-order valence-corrected chi connectivity index (χ3v) is 0.321. The largest absolute Gasteiger partial charge is 0.477 e. The summed E-state index contributed by atoms with van der Waals surface area (Å²) in [5.74, 6) is -1.16. The number of aliphatic carboxylic acids is 1. The van der Waals surface area contributed by atoms with E-state index in [1.165, 1.54) is 6.92 Å². The lowest BCUT2D eigenvalue weighted by atomic mass is 10.5. The van der Waals surface area contributed by atoms with Gasteiger partial charge < -0.3 is 5.11 Å². The highest BCUT2D eigenvalue weighted by Gasteiger charge is 1.93. The lowest BCUT2D eigenvalue weighted by Crippen LogP contribution is -2.04. The Kier molecular flexibility index (Phi) is 4.99. The first-order valence-corrected chi connectivity index (χ1v) is 1.43. The van der Waals surface area contributed by atoms with Gasteiger partial charge in [0, 0.05) is 0 Å². The Hall–Kier alpha value is -0.570. The summed E-state index contributed by atoms with van der Waals surface area (Å²) in [6, 6.07) is 0. The number of carbonyl (C=O) groups is 1. The van der Waals surface area contributed by atoms with E-state index in [9.17, 15) is 4.79 Å². The van der Waals surface area contributed by atoms with Crippen LogP contribution < -0.4 is 0 Å². The fourth-order valence-corrected chi connectivity index (χ4v) is 0. The summed E-state index contributed by atoms with van der Waals surface area (Å²) in [7, 11) is 0. The zero-order chi connectivity index (χ0) is 5.15. The molecule has 0 amide bonds. The predicted octanol–water partition coefficient (Wildman–Crippen LogP) is 0.532. The standard InChI is InChI=1S/C3H5NO2.ClH/c1-2(4)3(5)6;/h4H,1H3,(H,5,6);1H. The van der Waals surface area contributed by atoms with Gasteiger partial charge in [-0.2, -0.15) is 0 Å². The molecule has 0 radical (unpaired) electrons. The van der Waals surface area contributed by atoms with Crippen molar-refractivity contribution in [3.8, 4) is 0 Å². The van der Waals surface area contributed by atoms with Crippen LogP contribution in [0, 0.1) is 5.41 Å². The van der Waals surface area contributed by atoms with Crippen LogP contribution in [-0.4, -0.2) is 16.8 Å². The van der Waals surface area contributed by atoms with Crippen molar-refractivity contribution in [3.05, 3.63) is 0 Å². The fourth-order valence-electron chi connectivity index (χ4n) is 0. The van der Waals surface area contributed by atoms with Gasteiger partial charge in [0.1, 0.15) is 5.71 Å². The molecule has 2 N–H and O–H groups in total. The van der Waals surface area contributed by atoms with Gasteiger partial charge in [0.2, 0.25) is 0 Å². The maximum atomic E-state index is 9.47. The average molecular weight is 124 g/mol. The van der Waals surface area contributed by atoms with Crippen molar-refractivity contribution in [2.75, 3.05) is 0 Å². The third-order valence-electron chi connectivity index (χ3n) is 0.321. The molecule has 0 aromatic carbocycles. The molecule has 0 unspecified atom stereocenters. The molecule has 0 aliphatic rings. The normalized spacial score (nSPS) is 6.43. The highest BCUT2D eigenvalue weighted by molar-refractivity contribution is 6.33. The Morgan fingerprint density at radius 2 is 1.86 bits per heavy atom. The van der Waals surface area contributed by atoms with Crippen LogP contribution in [0.2, 0.25) is 0 Å². The molecule has 0 aliphatic carbocycles. The summed E-state index contributed by atoms with van der Waals surface area (Å²) in [6.45, 7) is 1.22. The van der Waals surface area contributed by atoms with E-state index < -0.39 is 5.97 Å². The minimum Gasteiger partial charge on any atom is -0.477 e. The van der Waals surface area contributed by atoms with Crippen molar-refractivity contribution in [2.45, 2.75) is 6.92 Å². The zero-order valence-electron chi connectivity index (χ0n) is 3.76. The number of carboxylic acid groups (broad SMARTS) is 1. The highest BCUT2D eigenvalue weighted by atomic mass is 35.5. The Labute approximate surface area is 47.3 Å². The van der Waals surface area contributed by atoms with Gasteiger partial charge in [-0.15, -0.1) is 12.4 Å². The molecule has 42 valence electrons. The van der Waals surface area contributed by atoms with Crippen LogP contribution in [0.4, 0.5) is 0 Å². The quantitative estimate of drug-likeness (QED) is 0.500. The van der Waals surface area contributed by atoms with Crippen molar-refractivity contribution in [1.82, 2.24) is 0 Å². The van der Waals surface area contributed by atoms with E-state index in [4.69, 9.17) is 10.5 Å². The Morgan fingerprint density at radius 3 is 1.86 bits per heavy atom. The topological polar surface area (TPSA) is 61.2 Å². The molecule has 0 fully saturated rings. The molecule has 0 spiro atoms. The van der Waals surface area contributed by atoms with Gasteiger partial charge in [0.05, 0.1) is 0 Å². The maximum absolute atomic E-state index is 9.47. The van der Waals surface area contributed by atoms with Gasteiger partial charge in [0.15, 0.2) is 0 Å². The summed E-state index contributed by atoms with van der Waals surface area (Å²) in [5.41, 5.74) is -0.324. The molecule has 7 heavy (non-hydrogen) atoms. The molecule has 0 aliphatic heterocycles. The first-order chi connectivity index (χ1) is 2.64. The molecule has 0 aromatic heterocycles. The van der Waals surface area contributed by atoms with Crippen LogP contribution in [0.1, 0.15) is 6.92 Å². The molecular formula is C3H6ClNO2. The summed E-state index contributed by atoms with van der Waals surface area (Å²) in [4.78, 5) is 9.47. The number of hydrogen-bond acceptors (Lipinski definition) is 2. The second-order valence-corrected chi connectivity index (χ2v) is 0.930. The number of carboxylic acids is 1. The van der Waals surface area contributed by atoms with Gasteiger partial charge in [-0.1, -0.05) is 0 Å². The Balaban J connectivity index is 0. The van der Waals surface area contributed by atoms with Crippen molar-refractivity contribution in [3.63, 3.8) is 0 Å². The van der Waals surface area contributed by atoms with E-state index in [0.29, 0.717) is 0 Å². The molecule has 0 atom stereocenters. The smallest absolute Gasteiger partial charge is 0.349 e. The van der Waals surface area contributed by atoms with Crippen LogP contribution >= 0.6 is 12.4 Å². The number of rotatable bonds is 1. The molecular weight excluding hydrogens is 117 g/mol. The fraction of sp³-hybridized carbons (Fsp3) is 0.333. The number of halogens is 1. The van der Waals surface area contributed by atoms with Gasteiger partial charge in [0.25, 0.3) is 0 Å². The number of hydrogen-bond donors (Lipinski definition) is 2. The molecule has 0 heterocycles. The average Bonchev–Trinajstić information content (AvgIpc) is 1.36. The first kappa shape index (κ1) is 9.66. The van der Waals surface area contributed by atoms with Crippen LogP contribution in [-0.2, 0) is 4.79 Å². The third kappa shape index (κ3) is 5.43. The molecule has 0 saturated heterocycles. The molecule has 0 rings (SSSR count). The highest BCUT2D eigenvalue weighted by Crippen LogP contribution is 1.63. The summed E-state index contributed by atoms with van der Waals surface area (Å²) in [6.07, 6.45) is 0. The van der Waals surface area contributed by atoms with Crippen LogP contribution in [0.15, 0.2) is 0 Å². The lowest BCUT2D eigenvalue weighted by molar-refractivity contribution is -0.129. The second-order valence-electron chi connectivity index (χ2n) is 0.930. The van der Waals surface area contributed by atoms with Gasteiger partial charge in [-0.05, 0) is 6.92 Å². The lowest BCUT2D eigenvalue weighted by Gasteiger charge is -1.77. The van der Waals surface area contributed by atoms with E-state index >= 15 is 0 Å². The summed E-state index contributed by atoms with van der Waals surface area (Å²) >= 11 is 0. The van der Waals surface area contributed by atoms with Crippen LogP contribution in [0.25, 0.3) is 0 Å². The second kappa shape index (κ2) is 3.61. The van der Waals surface area contributed by atoms with Crippen molar-refractivity contribution in [2.24, 2.45) is 0 Å². The predicted molar refractivity (Wildman–Crippen MR) is 28.3 cm³/mol. The maximum Gasteiger partial charge on any atom is 0.349 e. The first-order valence-electron chi connectivity index (χ1n) is 1.43. The van der Waals surface area contributed by atoms with Gasteiger partial charge >= 0.3 is 5.97 Å². The molecule has 3 nitrogen and oxygen atoms in total. The summed E-state index contributed by atoms with van der Waals surface area (Å²) in [5, 5.41) is 14.1. The van der Waals surface area contributed by atoms with Gasteiger partial charge in [-0.3, -0.25) is 5.41 Å². The van der Waals surface area contributed by atoms with E-state index in [1.807, 2.05) is 0 Å². The van der Waals surface area contributed by atoms with Crippen molar-refractivity contribution >= 4 is 24.1 Å². The van der Waals surface area contributed by atoms with Crippen molar-refractivity contribution in [1.29, 1.82) is 5.41 Å². The van der Waals surface area contributed by atoms with E-state index in [1.54, 1.807) is 0 Å². The van der Waals surface area contributed by atoms with E-state index in [-0.39, 0.29) is 18.1 Å². The Morgan fingerprint density at radius 1 is 1.71 bits per heavy atom. The van der Waals surface area contributed by atoms with E-state index in [0.717, 1.165) is 0 Å². The molecule has 0 bridgehead atoms. The van der Waals surface area contributed by atoms with Crippen LogP contribution in [0.3, 0.4) is 0 Å². The van der Waals surface area contributed by atoms with Crippen molar-refractivity contribution < 1.29 is 9.90 Å². The molecule has 0 aromatic rings. The van der Waals surface area contributed by atoms with Crippen LogP contribution in [0.5, 0.6) is 0 Å². The SMILES string of the molecule is CC(=N)C(=O)O.Cl. The van der Waals surface area contributed by atoms with Gasteiger partial charge in [-0.25, -0.2) is 4.79 Å².